The van der Waals surface area contributed by atoms with E-state index in [4.69, 9.17) is 9.84 Å². The summed E-state index contributed by atoms with van der Waals surface area (Å²) >= 11 is 0. The van der Waals surface area contributed by atoms with Gasteiger partial charge in [-0.15, -0.1) is 0 Å². The molecule has 0 aliphatic rings. The van der Waals surface area contributed by atoms with Crippen molar-refractivity contribution in [3.05, 3.63) is 36.4 Å². The smallest absolute Gasteiger partial charge is 0.163 e. The van der Waals surface area contributed by atoms with Gasteiger partial charge in [0, 0.05) is 0 Å². The van der Waals surface area contributed by atoms with Crippen molar-refractivity contribution in [1.82, 2.24) is 0 Å². The average molecular weight is 207 g/mol. The summed E-state index contributed by atoms with van der Waals surface area (Å²) in [4.78, 5) is 0. The summed E-state index contributed by atoms with van der Waals surface area (Å²) in [5.74, 6) is 0.754. The zero-order valence-corrected chi connectivity index (χ0v) is 9.82. The normalized spacial score (nSPS) is 13.7. The lowest BCUT2D eigenvalue weighted by atomic mass is 9.87. The van der Waals surface area contributed by atoms with Crippen molar-refractivity contribution in [2.24, 2.45) is 0 Å². The Balaban J connectivity index is 2.65. The number of benzene rings is 1. The number of aliphatic hydroxyl groups excluding tert-OH is 1. The third-order valence-electron chi connectivity index (χ3n) is 2.12. The molecule has 0 aromatic heterocycles. The first kappa shape index (κ1) is 12.1. The van der Waals surface area contributed by atoms with Crippen LogP contribution in [-0.4, -0.2) is 11.2 Å². The molecule has 0 aliphatic heterocycles. The van der Waals surface area contributed by atoms with Crippen LogP contribution in [0.4, 0.5) is 0 Å². The number of hydrogen-bond donors (Lipinski definition) is 1. The molecule has 1 atom stereocenters. The molecular formula is C13H19O2. The van der Waals surface area contributed by atoms with Gasteiger partial charge in [0.15, 0.2) is 6.61 Å². The Morgan fingerprint density at radius 2 is 1.73 bits per heavy atom. The van der Waals surface area contributed by atoms with Gasteiger partial charge in [0.05, 0.1) is 6.10 Å². The Bertz CT molecular complexity index is 293. The molecule has 0 bridgehead atoms. The van der Waals surface area contributed by atoms with Gasteiger partial charge in [-0.1, -0.05) is 32.9 Å². The quantitative estimate of drug-likeness (QED) is 0.825. The lowest BCUT2D eigenvalue weighted by Crippen LogP contribution is -2.11. The maximum Gasteiger partial charge on any atom is 0.163 e. The van der Waals surface area contributed by atoms with E-state index in [0.717, 1.165) is 5.75 Å². The fourth-order valence-corrected chi connectivity index (χ4v) is 1.21. The minimum atomic E-state index is -0.549. The van der Waals surface area contributed by atoms with E-state index in [1.54, 1.807) is 6.92 Å². The first-order valence-corrected chi connectivity index (χ1v) is 5.18. The van der Waals surface area contributed by atoms with Gasteiger partial charge >= 0.3 is 0 Å². The van der Waals surface area contributed by atoms with Crippen LogP contribution in [0.25, 0.3) is 0 Å². The molecule has 1 rings (SSSR count). The zero-order valence-electron chi connectivity index (χ0n) is 9.82. The molecule has 1 radical (unpaired) electrons. The Morgan fingerprint density at radius 1 is 1.20 bits per heavy atom. The molecule has 0 spiro atoms. The van der Waals surface area contributed by atoms with Crippen molar-refractivity contribution < 1.29 is 9.84 Å². The molecule has 0 saturated carbocycles. The molecule has 0 amide bonds. The van der Waals surface area contributed by atoms with Gasteiger partial charge in [-0.3, -0.25) is 0 Å². The molecule has 2 nitrogen and oxygen atoms in total. The lowest BCUT2D eigenvalue weighted by molar-refractivity contribution is 0.170. The second kappa shape index (κ2) is 4.67. The molecule has 0 saturated heterocycles. The Kier molecular flexibility index (Phi) is 3.75. The minimum Gasteiger partial charge on any atom is -0.484 e. The maximum atomic E-state index is 9.02. The predicted octanol–water partition coefficient (Wildman–Crippen LogP) is 2.91. The van der Waals surface area contributed by atoms with Crippen LogP contribution in [0.5, 0.6) is 5.75 Å². The predicted molar refractivity (Wildman–Crippen MR) is 61.8 cm³/mol. The highest BCUT2D eigenvalue weighted by molar-refractivity contribution is 5.31. The standard InChI is InChI=1S/C13H19O2/c1-10(14)9-15-12-7-5-11(6-8-12)13(2,3)4/h5-10,14H,1-4H3. The molecule has 0 heterocycles. The van der Waals surface area contributed by atoms with Crippen molar-refractivity contribution in [3.8, 4) is 5.75 Å². The van der Waals surface area contributed by atoms with Crippen LogP contribution in [-0.2, 0) is 5.41 Å². The topological polar surface area (TPSA) is 29.5 Å². The van der Waals surface area contributed by atoms with Crippen LogP contribution in [0, 0.1) is 6.61 Å². The molecule has 83 valence electrons. The van der Waals surface area contributed by atoms with E-state index in [2.05, 4.69) is 20.8 Å². The van der Waals surface area contributed by atoms with Crippen LogP contribution in [0.3, 0.4) is 0 Å². The van der Waals surface area contributed by atoms with Crippen molar-refractivity contribution in [3.63, 3.8) is 0 Å². The zero-order chi connectivity index (χ0) is 11.5. The molecule has 0 aliphatic carbocycles. The van der Waals surface area contributed by atoms with Gasteiger partial charge in [-0.25, -0.2) is 0 Å². The number of rotatable bonds is 3. The molecular weight excluding hydrogens is 188 g/mol. The van der Waals surface area contributed by atoms with Gasteiger partial charge in [0.2, 0.25) is 0 Å². The average Bonchev–Trinajstić information content (AvgIpc) is 2.14. The summed E-state index contributed by atoms with van der Waals surface area (Å²) in [5, 5.41) is 9.02. The summed E-state index contributed by atoms with van der Waals surface area (Å²) < 4.78 is 5.26. The van der Waals surface area contributed by atoms with Crippen LogP contribution >= 0.6 is 0 Å². The second-order valence-electron chi connectivity index (χ2n) is 4.77. The van der Waals surface area contributed by atoms with E-state index in [-0.39, 0.29) is 5.41 Å². The van der Waals surface area contributed by atoms with E-state index >= 15 is 0 Å². The molecule has 1 aromatic rings. The van der Waals surface area contributed by atoms with E-state index in [1.807, 2.05) is 24.3 Å². The third kappa shape index (κ3) is 3.92. The van der Waals surface area contributed by atoms with E-state index in [9.17, 15) is 0 Å². The molecule has 1 N–H and O–H groups in total. The van der Waals surface area contributed by atoms with Gasteiger partial charge in [-0.05, 0) is 30.0 Å². The summed E-state index contributed by atoms with van der Waals surface area (Å²) in [6.07, 6.45) is -0.549. The first-order valence-electron chi connectivity index (χ1n) is 5.18. The largest absolute Gasteiger partial charge is 0.484 e. The van der Waals surface area contributed by atoms with Gasteiger partial charge in [0.25, 0.3) is 0 Å². The number of hydrogen-bond acceptors (Lipinski definition) is 2. The molecule has 1 aromatic carbocycles. The Morgan fingerprint density at radius 3 is 2.13 bits per heavy atom. The van der Waals surface area contributed by atoms with E-state index in [1.165, 1.54) is 12.2 Å². The van der Waals surface area contributed by atoms with Crippen LogP contribution in [0.1, 0.15) is 33.3 Å². The molecule has 15 heavy (non-hydrogen) atoms. The highest BCUT2D eigenvalue weighted by Gasteiger charge is 2.12. The summed E-state index contributed by atoms with van der Waals surface area (Å²) in [6, 6.07) is 7.93. The van der Waals surface area contributed by atoms with Gasteiger partial charge in [-0.2, -0.15) is 0 Å². The third-order valence-corrected chi connectivity index (χ3v) is 2.12. The first-order chi connectivity index (χ1) is 6.89. The SMILES string of the molecule is CC(O)[CH]Oc1ccc(C(C)(C)C)cc1. The number of aliphatic hydroxyl groups is 1. The van der Waals surface area contributed by atoms with Crippen LogP contribution < -0.4 is 4.74 Å². The van der Waals surface area contributed by atoms with Gasteiger partial charge in [0.1, 0.15) is 5.75 Å². The van der Waals surface area contributed by atoms with Crippen molar-refractivity contribution >= 4 is 0 Å². The monoisotopic (exact) mass is 207 g/mol. The molecule has 0 fully saturated rings. The lowest BCUT2D eigenvalue weighted by Gasteiger charge is -2.19. The van der Waals surface area contributed by atoms with E-state index < -0.39 is 6.10 Å². The van der Waals surface area contributed by atoms with Crippen LogP contribution in [0.15, 0.2) is 24.3 Å². The Hall–Kier alpha value is -1.02. The second-order valence-corrected chi connectivity index (χ2v) is 4.77. The van der Waals surface area contributed by atoms with Crippen LogP contribution in [0.2, 0.25) is 0 Å². The highest BCUT2D eigenvalue weighted by atomic mass is 16.5. The Labute approximate surface area is 91.9 Å². The maximum absolute atomic E-state index is 9.02. The van der Waals surface area contributed by atoms with Gasteiger partial charge < -0.3 is 9.84 Å². The molecule has 1 unspecified atom stereocenters. The van der Waals surface area contributed by atoms with Crippen molar-refractivity contribution in [1.29, 1.82) is 0 Å². The van der Waals surface area contributed by atoms with Crippen molar-refractivity contribution in [2.45, 2.75) is 39.2 Å². The summed E-state index contributed by atoms with van der Waals surface area (Å²) in [5.41, 5.74) is 1.43. The minimum absolute atomic E-state index is 0.159. The number of ether oxygens (including phenoxy) is 1. The summed E-state index contributed by atoms with van der Waals surface area (Å²) in [7, 11) is 0. The molecule has 2 heteroatoms. The fraction of sp³-hybridized carbons (Fsp3) is 0.462. The van der Waals surface area contributed by atoms with Crippen molar-refractivity contribution in [2.75, 3.05) is 0 Å². The summed E-state index contributed by atoms with van der Waals surface area (Å²) in [6.45, 7) is 9.58. The fourth-order valence-electron chi connectivity index (χ4n) is 1.21. The van der Waals surface area contributed by atoms with E-state index in [0.29, 0.717) is 0 Å². The highest BCUT2D eigenvalue weighted by Crippen LogP contribution is 2.24.